The number of nitrogens with two attached hydrogens (primary N) is 1. The maximum Gasteiger partial charge on any atom is 0.233 e. The Bertz CT molecular complexity index is 859. The third kappa shape index (κ3) is 4.86. The summed E-state index contributed by atoms with van der Waals surface area (Å²) >= 11 is 7.71. The summed E-state index contributed by atoms with van der Waals surface area (Å²) in [7, 11) is 0. The van der Waals surface area contributed by atoms with Crippen LogP contribution in [0.3, 0.4) is 0 Å². The maximum atomic E-state index is 12.8. The molecule has 3 rings (SSSR count). The molecule has 27 heavy (non-hydrogen) atoms. The molecule has 1 aliphatic carbocycles. The van der Waals surface area contributed by atoms with Crippen LogP contribution >= 0.6 is 22.9 Å². The molecule has 1 aromatic heterocycles. The van der Waals surface area contributed by atoms with Crippen molar-refractivity contribution in [3.8, 4) is 0 Å². The fraction of sp³-hybridized carbons (Fsp3) is 0.333. The van der Waals surface area contributed by atoms with Gasteiger partial charge in [0.2, 0.25) is 5.91 Å². The van der Waals surface area contributed by atoms with Crippen molar-refractivity contribution in [1.82, 2.24) is 4.98 Å². The fourth-order valence-electron chi connectivity index (χ4n) is 3.17. The molecule has 0 bridgehead atoms. The van der Waals surface area contributed by atoms with Crippen molar-refractivity contribution in [2.24, 2.45) is 11.7 Å². The van der Waals surface area contributed by atoms with E-state index in [0.717, 1.165) is 29.7 Å². The first-order chi connectivity index (χ1) is 13.1. The lowest BCUT2D eigenvalue weighted by atomic mass is 9.94. The number of allylic oxidation sites excluding steroid dienone is 4. The number of thiazole rings is 1. The van der Waals surface area contributed by atoms with Crippen LogP contribution in [0.1, 0.15) is 43.4 Å². The van der Waals surface area contributed by atoms with Gasteiger partial charge in [0, 0.05) is 10.4 Å². The molecule has 142 valence electrons. The molecule has 0 aliphatic heterocycles. The van der Waals surface area contributed by atoms with E-state index in [2.05, 4.69) is 35.5 Å². The Morgan fingerprint density at radius 1 is 1.44 bits per heavy atom. The number of halogens is 1. The molecule has 0 saturated heterocycles. The van der Waals surface area contributed by atoms with Crippen LogP contribution in [-0.4, -0.2) is 17.4 Å². The van der Waals surface area contributed by atoms with Gasteiger partial charge in [-0.05, 0) is 48.9 Å². The largest absolute Gasteiger partial charge is 0.330 e. The van der Waals surface area contributed by atoms with E-state index < -0.39 is 5.92 Å². The van der Waals surface area contributed by atoms with E-state index in [1.54, 1.807) is 6.07 Å². The SMILES string of the molecule is CCC1C=CC(c2csc(NC(=O)C(CCN)c3ccccc3Cl)n2)=CC1. The van der Waals surface area contributed by atoms with Crippen LogP contribution in [-0.2, 0) is 4.79 Å². The topological polar surface area (TPSA) is 68.0 Å². The Hall–Kier alpha value is -1.95. The van der Waals surface area contributed by atoms with Gasteiger partial charge in [0.05, 0.1) is 11.6 Å². The summed E-state index contributed by atoms with van der Waals surface area (Å²) in [4.78, 5) is 17.4. The van der Waals surface area contributed by atoms with Gasteiger partial charge in [-0.15, -0.1) is 11.3 Å². The van der Waals surface area contributed by atoms with E-state index in [1.807, 2.05) is 23.6 Å². The van der Waals surface area contributed by atoms with E-state index in [4.69, 9.17) is 17.3 Å². The van der Waals surface area contributed by atoms with Crippen molar-refractivity contribution in [3.05, 3.63) is 64.2 Å². The van der Waals surface area contributed by atoms with Gasteiger partial charge >= 0.3 is 0 Å². The lowest BCUT2D eigenvalue weighted by molar-refractivity contribution is -0.117. The zero-order valence-electron chi connectivity index (χ0n) is 15.3. The zero-order valence-corrected chi connectivity index (χ0v) is 16.9. The van der Waals surface area contributed by atoms with Gasteiger partial charge in [0.25, 0.3) is 0 Å². The van der Waals surface area contributed by atoms with Gasteiger partial charge in [-0.2, -0.15) is 0 Å². The monoisotopic (exact) mass is 401 g/mol. The highest BCUT2D eigenvalue weighted by Gasteiger charge is 2.23. The second-order valence-electron chi connectivity index (χ2n) is 6.60. The summed E-state index contributed by atoms with van der Waals surface area (Å²) in [6, 6.07) is 7.40. The van der Waals surface area contributed by atoms with E-state index in [0.29, 0.717) is 29.0 Å². The first-order valence-corrected chi connectivity index (χ1v) is 10.5. The smallest absolute Gasteiger partial charge is 0.233 e. The van der Waals surface area contributed by atoms with Crippen LogP contribution in [0.5, 0.6) is 0 Å². The molecule has 4 nitrogen and oxygen atoms in total. The summed E-state index contributed by atoms with van der Waals surface area (Å²) in [6.07, 6.45) is 9.28. The molecule has 6 heteroatoms. The van der Waals surface area contributed by atoms with E-state index in [1.165, 1.54) is 11.3 Å². The number of hydrogen-bond donors (Lipinski definition) is 2. The summed E-state index contributed by atoms with van der Waals surface area (Å²) in [5.41, 5.74) is 8.52. The maximum absolute atomic E-state index is 12.8. The van der Waals surface area contributed by atoms with Gasteiger partial charge in [-0.3, -0.25) is 4.79 Å². The highest BCUT2D eigenvalue weighted by Crippen LogP contribution is 2.31. The predicted molar refractivity (Wildman–Crippen MR) is 114 cm³/mol. The van der Waals surface area contributed by atoms with Gasteiger partial charge in [0.15, 0.2) is 5.13 Å². The molecule has 1 aliphatic rings. The van der Waals surface area contributed by atoms with E-state index in [-0.39, 0.29) is 5.91 Å². The Kier molecular flexibility index (Phi) is 6.83. The Morgan fingerprint density at radius 3 is 2.93 bits per heavy atom. The van der Waals surface area contributed by atoms with Crippen molar-refractivity contribution >= 4 is 39.5 Å². The van der Waals surface area contributed by atoms with Crippen LogP contribution in [0.25, 0.3) is 5.57 Å². The number of benzene rings is 1. The molecule has 2 atom stereocenters. The standard InChI is InChI=1S/C21H24ClN3OS/c1-2-14-7-9-15(10-8-14)19-13-27-21(24-19)25-20(26)17(11-12-23)16-5-3-4-6-18(16)22/h3-7,9-10,13-14,17H,2,8,11-12,23H2,1H3,(H,24,25,26). The molecule has 1 heterocycles. The highest BCUT2D eigenvalue weighted by molar-refractivity contribution is 7.14. The van der Waals surface area contributed by atoms with E-state index in [9.17, 15) is 4.79 Å². The van der Waals surface area contributed by atoms with Gasteiger partial charge < -0.3 is 11.1 Å². The minimum absolute atomic E-state index is 0.131. The molecule has 2 aromatic rings. The number of carbonyl (C=O) groups excluding carboxylic acids is 1. The number of anilines is 1. The minimum Gasteiger partial charge on any atom is -0.330 e. The van der Waals surface area contributed by atoms with Crippen LogP contribution in [0.4, 0.5) is 5.13 Å². The average Bonchev–Trinajstić information content (AvgIpc) is 3.15. The third-order valence-corrected chi connectivity index (χ3v) is 5.90. The summed E-state index contributed by atoms with van der Waals surface area (Å²) in [6.45, 7) is 2.60. The Balaban J connectivity index is 1.72. The van der Waals surface area contributed by atoms with Gasteiger partial charge in [-0.1, -0.05) is 55.0 Å². The molecule has 0 fully saturated rings. The molecular formula is C21H24ClN3OS. The molecule has 0 spiro atoms. The number of rotatable bonds is 7. The first-order valence-electron chi connectivity index (χ1n) is 9.22. The van der Waals surface area contributed by atoms with Gasteiger partial charge in [0.1, 0.15) is 0 Å². The molecular weight excluding hydrogens is 378 g/mol. The lowest BCUT2D eigenvalue weighted by Crippen LogP contribution is -2.23. The second kappa shape index (κ2) is 9.31. The fourth-order valence-corrected chi connectivity index (χ4v) is 4.16. The number of carbonyl (C=O) groups is 1. The number of nitrogens with zero attached hydrogens (tertiary/aromatic N) is 1. The molecule has 3 N–H and O–H groups in total. The average molecular weight is 402 g/mol. The quantitative estimate of drug-likeness (QED) is 0.666. The molecule has 2 unspecified atom stereocenters. The Morgan fingerprint density at radius 2 is 2.26 bits per heavy atom. The molecule has 1 aromatic carbocycles. The number of amides is 1. The second-order valence-corrected chi connectivity index (χ2v) is 7.87. The van der Waals surface area contributed by atoms with Crippen molar-refractivity contribution in [2.45, 2.75) is 32.1 Å². The third-order valence-electron chi connectivity index (χ3n) is 4.80. The van der Waals surface area contributed by atoms with Crippen LogP contribution < -0.4 is 11.1 Å². The van der Waals surface area contributed by atoms with E-state index >= 15 is 0 Å². The van der Waals surface area contributed by atoms with Crippen molar-refractivity contribution in [1.29, 1.82) is 0 Å². The summed E-state index contributed by atoms with van der Waals surface area (Å²) < 4.78 is 0. The number of nitrogens with one attached hydrogen (secondary N) is 1. The zero-order chi connectivity index (χ0) is 19.2. The van der Waals surface area contributed by atoms with Crippen LogP contribution in [0.2, 0.25) is 5.02 Å². The molecule has 1 amide bonds. The number of hydrogen-bond acceptors (Lipinski definition) is 4. The highest BCUT2D eigenvalue weighted by atomic mass is 35.5. The predicted octanol–water partition coefficient (Wildman–Crippen LogP) is 5.24. The summed E-state index contributed by atoms with van der Waals surface area (Å²) in [5, 5.41) is 6.08. The van der Waals surface area contributed by atoms with Crippen molar-refractivity contribution in [3.63, 3.8) is 0 Å². The normalized spacial score (nSPS) is 17.4. The van der Waals surface area contributed by atoms with Crippen molar-refractivity contribution in [2.75, 3.05) is 11.9 Å². The summed E-state index contributed by atoms with van der Waals surface area (Å²) in [5.74, 6) is 0.0861. The first kappa shape index (κ1) is 19.8. The Labute approximate surface area is 169 Å². The number of aromatic nitrogens is 1. The van der Waals surface area contributed by atoms with Crippen LogP contribution in [0, 0.1) is 5.92 Å². The lowest BCUT2D eigenvalue weighted by Gasteiger charge is -2.16. The minimum atomic E-state index is -0.393. The van der Waals surface area contributed by atoms with Crippen molar-refractivity contribution < 1.29 is 4.79 Å². The van der Waals surface area contributed by atoms with Crippen LogP contribution in [0.15, 0.2) is 47.9 Å². The molecule has 0 saturated carbocycles. The molecule has 0 radical (unpaired) electrons. The van der Waals surface area contributed by atoms with Gasteiger partial charge in [-0.25, -0.2) is 4.98 Å².